The number of nitrogens with zero attached hydrogens (tertiary/aromatic N) is 1. The smallest absolute Gasteiger partial charge is 0.228 e. The Bertz CT molecular complexity index is 606. The lowest BCUT2D eigenvalue weighted by molar-refractivity contribution is -0.122. The van der Waals surface area contributed by atoms with E-state index in [9.17, 15) is 4.79 Å². The number of rotatable bonds is 6. The molecule has 22 heavy (non-hydrogen) atoms. The Balaban J connectivity index is 1.45. The van der Waals surface area contributed by atoms with Crippen LogP contribution in [-0.4, -0.2) is 17.4 Å². The fourth-order valence-electron chi connectivity index (χ4n) is 2.47. The van der Waals surface area contributed by atoms with E-state index < -0.39 is 0 Å². The summed E-state index contributed by atoms with van der Waals surface area (Å²) < 4.78 is 0. The summed E-state index contributed by atoms with van der Waals surface area (Å²) in [7, 11) is 0. The third-order valence-corrected chi connectivity index (χ3v) is 4.08. The third-order valence-electron chi connectivity index (χ3n) is 4.08. The van der Waals surface area contributed by atoms with Crippen LogP contribution >= 0.6 is 0 Å². The lowest BCUT2D eigenvalue weighted by Gasteiger charge is -2.23. The second-order valence-corrected chi connectivity index (χ2v) is 5.71. The predicted octanol–water partition coefficient (Wildman–Crippen LogP) is 3.47. The Morgan fingerprint density at radius 2 is 1.95 bits per heavy atom. The lowest BCUT2D eigenvalue weighted by atomic mass is 9.85. The summed E-state index contributed by atoms with van der Waals surface area (Å²) in [6.45, 7) is 0.861. The maximum absolute atomic E-state index is 11.8. The van der Waals surface area contributed by atoms with Gasteiger partial charge in [-0.1, -0.05) is 36.8 Å². The quantitative estimate of drug-likeness (QED) is 0.858. The zero-order valence-electron chi connectivity index (χ0n) is 12.6. The van der Waals surface area contributed by atoms with Crippen molar-refractivity contribution in [2.45, 2.75) is 25.7 Å². The summed E-state index contributed by atoms with van der Waals surface area (Å²) in [6, 6.07) is 14.2. The number of amides is 1. The van der Waals surface area contributed by atoms with Crippen LogP contribution in [0.3, 0.4) is 0 Å². The van der Waals surface area contributed by atoms with Crippen molar-refractivity contribution in [2.24, 2.45) is 5.92 Å². The molecule has 1 amide bonds. The van der Waals surface area contributed by atoms with Crippen molar-refractivity contribution >= 4 is 17.4 Å². The van der Waals surface area contributed by atoms with Crippen LogP contribution in [0.2, 0.25) is 0 Å². The molecule has 1 heterocycles. The molecule has 0 saturated heterocycles. The molecular formula is C18H21N3O. The molecule has 2 N–H and O–H groups in total. The van der Waals surface area contributed by atoms with E-state index in [1.54, 1.807) is 6.20 Å². The van der Waals surface area contributed by atoms with E-state index in [1.807, 2.05) is 18.2 Å². The van der Waals surface area contributed by atoms with Crippen molar-refractivity contribution in [1.29, 1.82) is 0 Å². The van der Waals surface area contributed by atoms with Crippen LogP contribution in [0.4, 0.5) is 11.5 Å². The Morgan fingerprint density at radius 3 is 2.59 bits per heavy atom. The number of aromatic nitrogens is 1. The first-order chi connectivity index (χ1) is 10.8. The van der Waals surface area contributed by atoms with Gasteiger partial charge in [-0.25, -0.2) is 4.98 Å². The number of benzene rings is 1. The number of anilines is 2. The fraction of sp³-hybridized carbons (Fsp3) is 0.333. The molecule has 1 aliphatic carbocycles. The minimum absolute atomic E-state index is 0.100. The summed E-state index contributed by atoms with van der Waals surface area (Å²) >= 11 is 0. The molecular weight excluding hydrogens is 274 g/mol. The Hall–Kier alpha value is -2.36. The third kappa shape index (κ3) is 3.85. The van der Waals surface area contributed by atoms with Crippen LogP contribution < -0.4 is 10.6 Å². The monoisotopic (exact) mass is 295 g/mol. The normalized spacial score (nSPS) is 14.2. The van der Waals surface area contributed by atoms with E-state index in [4.69, 9.17) is 0 Å². The molecule has 3 rings (SSSR count). The highest BCUT2D eigenvalue weighted by Crippen LogP contribution is 2.27. The van der Waals surface area contributed by atoms with E-state index in [2.05, 4.69) is 39.9 Å². The summed E-state index contributed by atoms with van der Waals surface area (Å²) in [5.41, 5.74) is 2.28. The average Bonchev–Trinajstić information content (AvgIpc) is 2.48. The zero-order chi connectivity index (χ0) is 15.2. The van der Waals surface area contributed by atoms with Gasteiger partial charge in [-0.3, -0.25) is 4.79 Å². The molecule has 2 aromatic rings. The number of carbonyl (C=O) groups is 1. The number of hydrogen-bond donors (Lipinski definition) is 2. The van der Waals surface area contributed by atoms with Crippen LogP contribution in [0.15, 0.2) is 48.7 Å². The Morgan fingerprint density at radius 1 is 1.14 bits per heavy atom. The standard InChI is InChI=1S/C18H21N3O/c22-18(15-7-4-8-15)21-17-10-9-16(13-20-17)19-12-11-14-5-2-1-3-6-14/h1-3,5-6,9-10,13,15,19H,4,7-8,11-12H2,(H,20,21,22). The second-order valence-electron chi connectivity index (χ2n) is 5.71. The molecule has 1 aromatic heterocycles. The van der Waals surface area contributed by atoms with Gasteiger partial charge < -0.3 is 10.6 Å². The maximum atomic E-state index is 11.8. The first-order valence-corrected chi connectivity index (χ1v) is 7.86. The molecule has 1 aliphatic rings. The minimum atomic E-state index is 0.100. The second kappa shape index (κ2) is 7.07. The van der Waals surface area contributed by atoms with Crippen LogP contribution in [0.1, 0.15) is 24.8 Å². The van der Waals surface area contributed by atoms with Crippen molar-refractivity contribution < 1.29 is 4.79 Å². The van der Waals surface area contributed by atoms with E-state index in [-0.39, 0.29) is 11.8 Å². The molecule has 1 saturated carbocycles. The van der Waals surface area contributed by atoms with Gasteiger partial charge in [-0.05, 0) is 37.0 Å². The van der Waals surface area contributed by atoms with Gasteiger partial charge in [-0.15, -0.1) is 0 Å². The first kappa shape index (κ1) is 14.6. The van der Waals surface area contributed by atoms with Crippen LogP contribution in [-0.2, 0) is 11.2 Å². The Labute approximate surface area is 131 Å². The molecule has 4 nitrogen and oxygen atoms in total. The molecule has 0 aliphatic heterocycles. The molecule has 1 fully saturated rings. The van der Waals surface area contributed by atoms with Crippen molar-refractivity contribution in [3.8, 4) is 0 Å². The lowest BCUT2D eigenvalue weighted by Crippen LogP contribution is -2.28. The number of hydrogen-bond acceptors (Lipinski definition) is 3. The highest BCUT2D eigenvalue weighted by atomic mass is 16.2. The topological polar surface area (TPSA) is 54.0 Å². The van der Waals surface area contributed by atoms with Gasteiger partial charge in [0.05, 0.1) is 11.9 Å². The van der Waals surface area contributed by atoms with Gasteiger partial charge in [0, 0.05) is 12.5 Å². The summed E-state index contributed by atoms with van der Waals surface area (Å²) in [5, 5.41) is 6.22. The highest BCUT2D eigenvalue weighted by molar-refractivity contribution is 5.92. The van der Waals surface area contributed by atoms with Gasteiger partial charge in [-0.2, -0.15) is 0 Å². The summed E-state index contributed by atoms with van der Waals surface area (Å²) in [5.74, 6) is 0.916. The molecule has 4 heteroatoms. The van der Waals surface area contributed by atoms with Crippen LogP contribution in [0.5, 0.6) is 0 Å². The van der Waals surface area contributed by atoms with Crippen molar-refractivity contribution in [3.63, 3.8) is 0 Å². The van der Waals surface area contributed by atoms with Gasteiger partial charge in [0.1, 0.15) is 5.82 Å². The molecule has 1 aromatic carbocycles. The number of carbonyl (C=O) groups excluding carboxylic acids is 1. The first-order valence-electron chi connectivity index (χ1n) is 7.86. The van der Waals surface area contributed by atoms with Crippen molar-refractivity contribution in [3.05, 3.63) is 54.2 Å². The minimum Gasteiger partial charge on any atom is -0.383 e. The number of nitrogens with one attached hydrogen (secondary N) is 2. The summed E-state index contributed by atoms with van der Waals surface area (Å²) in [4.78, 5) is 16.1. The largest absolute Gasteiger partial charge is 0.383 e. The number of pyridine rings is 1. The molecule has 0 bridgehead atoms. The van der Waals surface area contributed by atoms with Crippen molar-refractivity contribution in [1.82, 2.24) is 4.98 Å². The molecule has 0 unspecified atom stereocenters. The predicted molar refractivity (Wildman–Crippen MR) is 88.8 cm³/mol. The van der Waals surface area contributed by atoms with Gasteiger partial charge >= 0.3 is 0 Å². The van der Waals surface area contributed by atoms with Crippen molar-refractivity contribution in [2.75, 3.05) is 17.2 Å². The highest BCUT2D eigenvalue weighted by Gasteiger charge is 2.25. The summed E-state index contributed by atoms with van der Waals surface area (Å²) in [6.07, 6.45) is 5.91. The SMILES string of the molecule is O=C(Nc1ccc(NCCc2ccccc2)cn1)C1CCC1. The van der Waals surface area contributed by atoms with E-state index in [1.165, 1.54) is 5.56 Å². The maximum Gasteiger partial charge on any atom is 0.228 e. The van der Waals surface area contributed by atoms with Crippen LogP contribution in [0.25, 0.3) is 0 Å². The van der Waals surface area contributed by atoms with E-state index in [0.29, 0.717) is 5.82 Å². The molecule has 0 atom stereocenters. The van der Waals surface area contributed by atoms with E-state index >= 15 is 0 Å². The molecule has 114 valence electrons. The van der Waals surface area contributed by atoms with Gasteiger partial charge in [0.15, 0.2) is 0 Å². The van der Waals surface area contributed by atoms with Gasteiger partial charge in [0.25, 0.3) is 0 Å². The van der Waals surface area contributed by atoms with E-state index in [0.717, 1.165) is 37.9 Å². The van der Waals surface area contributed by atoms with Crippen LogP contribution in [0, 0.1) is 5.92 Å². The Kier molecular flexibility index (Phi) is 4.68. The van der Waals surface area contributed by atoms with Gasteiger partial charge in [0.2, 0.25) is 5.91 Å². The fourth-order valence-corrected chi connectivity index (χ4v) is 2.47. The molecule has 0 radical (unpaired) electrons. The average molecular weight is 295 g/mol. The molecule has 0 spiro atoms. The zero-order valence-corrected chi connectivity index (χ0v) is 12.6.